The van der Waals surface area contributed by atoms with E-state index >= 15 is 0 Å². The smallest absolute Gasteiger partial charge is 0.340 e. The summed E-state index contributed by atoms with van der Waals surface area (Å²) in [5.74, 6) is -0.0354. The van der Waals surface area contributed by atoms with E-state index in [1.54, 1.807) is 11.1 Å². The zero-order valence-corrected chi connectivity index (χ0v) is 13.6. The van der Waals surface area contributed by atoms with Gasteiger partial charge in [0.2, 0.25) is 0 Å². The van der Waals surface area contributed by atoms with Gasteiger partial charge in [-0.15, -0.1) is 0 Å². The fourth-order valence-corrected chi connectivity index (χ4v) is 3.22. The molecule has 1 amide bonds. The standard InChI is InChI=1S/C18H22N2O3/c1-13-6-5-9-20(10-13)17(21)12-23-18(22)15-11-19(2)16-8-4-3-7-14(15)16/h3-4,7-8,11,13H,5-6,9-10,12H2,1-2H3. The number of para-hydroxylation sites is 1. The maximum atomic E-state index is 12.3. The van der Waals surface area contributed by atoms with Crippen LogP contribution in [0.15, 0.2) is 30.5 Å². The van der Waals surface area contributed by atoms with Gasteiger partial charge in [0, 0.05) is 37.2 Å². The Kier molecular flexibility index (Phi) is 4.37. The third kappa shape index (κ3) is 3.23. The minimum Gasteiger partial charge on any atom is -0.452 e. The molecule has 0 N–H and O–H groups in total. The van der Waals surface area contributed by atoms with Crippen molar-refractivity contribution in [3.63, 3.8) is 0 Å². The SMILES string of the molecule is CC1CCCN(C(=O)COC(=O)c2cn(C)c3ccccc23)C1. The quantitative estimate of drug-likeness (QED) is 0.818. The van der Waals surface area contributed by atoms with Crippen LogP contribution in [0.1, 0.15) is 30.1 Å². The summed E-state index contributed by atoms with van der Waals surface area (Å²) >= 11 is 0. The molecule has 1 aliphatic rings. The number of likely N-dealkylation sites (tertiary alicyclic amines) is 1. The molecule has 0 radical (unpaired) electrons. The molecular weight excluding hydrogens is 292 g/mol. The van der Waals surface area contributed by atoms with Crippen LogP contribution in [0.5, 0.6) is 0 Å². The summed E-state index contributed by atoms with van der Waals surface area (Å²) in [6, 6.07) is 7.66. The minimum atomic E-state index is -0.444. The maximum absolute atomic E-state index is 12.3. The molecule has 5 nitrogen and oxygen atoms in total. The highest BCUT2D eigenvalue weighted by molar-refractivity contribution is 6.04. The van der Waals surface area contributed by atoms with Crippen molar-refractivity contribution in [2.75, 3.05) is 19.7 Å². The van der Waals surface area contributed by atoms with Gasteiger partial charge in [0.15, 0.2) is 6.61 Å². The lowest BCUT2D eigenvalue weighted by molar-refractivity contribution is -0.136. The van der Waals surface area contributed by atoms with Crippen LogP contribution in [0, 0.1) is 5.92 Å². The molecule has 1 saturated heterocycles. The number of aryl methyl sites for hydroxylation is 1. The van der Waals surface area contributed by atoms with E-state index in [9.17, 15) is 9.59 Å². The molecule has 23 heavy (non-hydrogen) atoms. The van der Waals surface area contributed by atoms with Crippen LogP contribution >= 0.6 is 0 Å². The Hall–Kier alpha value is -2.30. The van der Waals surface area contributed by atoms with E-state index < -0.39 is 5.97 Å². The second kappa shape index (κ2) is 6.44. The molecule has 3 rings (SSSR count). The summed E-state index contributed by atoms with van der Waals surface area (Å²) in [4.78, 5) is 26.3. The lowest BCUT2D eigenvalue weighted by Gasteiger charge is -2.30. The number of piperidine rings is 1. The van der Waals surface area contributed by atoms with Crippen LogP contribution in [0.2, 0.25) is 0 Å². The van der Waals surface area contributed by atoms with E-state index in [0.29, 0.717) is 11.5 Å². The zero-order chi connectivity index (χ0) is 16.4. The van der Waals surface area contributed by atoms with Crippen molar-refractivity contribution in [1.82, 2.24) is 9.47 Å². The molecular formula is C18H22N2O3. The molecule has 1 aromatic heterocycles. The van der Waals surface area contributed by atoms with E-state index in [4.69, 9.17) is 4.74 Å². The molecule has 122 valence electrons. The summed E-state index contributed by atoms with van der Waals surface area (Å²) < 4.78 is 7.15. The predicted octanol–water partition coefficient (Wildman–Crippen LogP) is 2.59. The van der Waals surface area contributed by atoms with Gasteiger partial charge >= 0.3 is 5.97 Å². The first-order chi connectivity index (χ1) is 11.1. The summed E-state index contributed by atoms with van der Waals surface area (Å²) in [5.41, 5.74) is 1.47. The van der Waals surface area contributed by atoms with Crippen LogP contribution in [0.25, 0.3) is 10.9 Å². The summed E-state index contributed by atoms with van der Waals surface area (Å²) in [5, 5.41) is 0.846. The largest absolute Gasteiger partial charge is 0.452 e. The van der Waals surface area contributed by atoms with Crippen LogP contribution in [-0.4, -0.2) is 41.0 Å². The van der Waals surface area contributed by atoms with Crippen LogP contribution < -0.4 is 0 Å². The first-order valence-corrected chi connectivity index (χ1v) is 8.05. The number of carbonyl (C=O) groups excluding carboxylic acids is 2. The number of hydrogen-bond acceptors (Lipinski definition) is 3. The van der Waals surface area contributed by atoms with E-state index in [1.807, 2.05) is 35.9 Å². The maximum Gasteiger partial charge on any atom is 0.340 e. The first kappa shape index (κ1) is 15.6. The number of amides is 1. The van der Waals surface area contributed by atoms with Crippen LogP contribution in [0.3, 0.4) is 0 Å². The van der Waals surface area contributed by atoms with Gasteiger partial charge in [-0.1, -0.05) is 25.1 Å². The topological polar surface area (TPSA) is 51.5 Å². The highest BCUT2D eigenvalue weighted by atomic mass is 16.5. The molecule has 0 saturated carbocycles. The van der Waals surface area contributed by atoms with Crippen molar-refractivity contribution < 1.29 is 14.3 Å². The van der Waals surface area contributed by atoms with E-state index in [-0.39, 0.29) is 12.5 Å². The number of nitrogens with zero attached hydrogens (tertiary/aromatic N) is 2. The van der Waals surface area contributed by atoms with Crippen molar-refractivity contribution in [2.45, 2.75) is 19.8 Å². The van der Waals surface area contributed by atoms with Crippen LogP contribution in [-0.2, 0) is 16.6 Å². The highest BCUT2D eigenvalue weighted by Gasteiger charge is 2.23. The van der Waals surface area contributed by atoms with Crippen molar-refractivity contribution in [3.8, 4) is 0 Å². The molecule has 2 aromatic rings. The third-order valence-corrected chi connectivity index (χ3v) is 4.45. The fourth-order valence-electron chi connectivity index (χ4n) is 3.22. The number of fused-ring (bicyclic) bond motifs is 1. The van der Waals surface area contributed by atoms with Gasteiger partial charge in [0.1, 0.15) is 0 Å². The average molecular weight is 314 g/mol. The lowest BCUT2D eigenvalue weighted by Crippen LogP contribution is -2.41. The number of hydrogen-bond donors (Lipinski definition) is 0. The zero-order valence-electron chi connectivity index (χ0n) is 13.6. The van der Waals surface area contributed by atoms with Gasteiger partial charge in [-0.25, -0.2) is 4.79 Å². The monoisotopic (exact) mass is 314 g/mol. The van der Waals surface area contributed by atoms with Crippen LogP contribution in [0.4, 0.5) is 0 Å². The highest BCUT2D eigenvalue weighted by Crippen LogP contribution is 2.21. The van der Waals surface area contributed by atoms with Gasteiger partial charge in [0.05, 0.1) is 5.56 Å². The van der Waals surface area contributed by atoms with Gasteiger partial charge < -0.3 is 14.2 Å². The molecule has 2 heterocycles. The second-order valence-electron chi connectivity index (χ2n) is 6.33. The van der Waals surface area contributed by atoms with Gasteiger partial charge in [-0.05, 0) is 24.8 Å². The average Bonchev–Trinajstić information content (AvgIpc) is 2.90. The Labute approximate surface area is 135 Å². The van der Waals surface area contributed by atoms with Gasteiger partial charge in [-0.3, -0.25) is 4.79 Å². The van der Waals surface area contributed by atoms with Crippen molar-refractivity contribution >= 4 is 22.8 Å². The second-order valence-corrected chi connectivity index (χ2v) is 6.33. The van der Waals surface area contributed by atoms with Crippen molar-refractivity contribution in [2.24, 2.45) is 13.0 Å². The number of ether oxygens (including phenoxy) is 1. The fraction of sp³-hybridized carbons (Fsp3) is 0.444. The number of aromatic nitrogens is 1. The summed E-state index contributed by atoms with van der Waals surface area (Å²) in [6.45, 7) is 3.47. The van der Waals surface area contributed by atoms with E-state index in [1.165, 1.54) is 0 Å². The van der Waals surface area contributed by atoms with Crippen molar-refractivity contribution in [3.05, 3.63) is 36.0 Å². The minimum absolute atomic E-state index is 0.106. The molecule has 1 atom stereocenters. The first-order valence-electron chi connectivity index (χ1n) is 8.05. The van der Waals surface area contributed by atoms with Gasteiger partial charge in [0.25, 0.3) is 5.91 Å². The Balaban J connectivity index is 1.66. The summed E-state index contributed by atoms with van der Waals surface area (Å²) in [7, 11) is 1.89. The van der Waals surface area contributed by atoms with E-state index in [0.717, 1.165) is 36.8 Å². The lowest BCUT2D eigenvalue weighted by atomic mass is 10.0. The van der Waals surface area contributed by atoms with Gasteiger partial charge in [-0.2, -0.15) is 0 Å². The molecule has 1 aliphatic heterocycles. The number of rotatable bonds is 3. The molecule has 0 aliphatic carbocycles. The Morgan fingerprint density at radius 1 is 1.30 bits per heavy atom. The molecule has 1 aromatic carbocycles. The molecule has 0 spiro atoms. The summed E-state index contributed by atoms with van der Waals surface area (Å²) in [6.07, 6.45) is 3.92. The number of esters is 1. The van der Waals surface area contributed by atoms with Crippen molar-refractivity contribution in [1.29, 1.82) is 0 Å². The van der Waals surface area contributed by atoms with E-state index in [2.05, 4.69) is 6.92 Å². The Bertz CT molecular complexity index is 735. The molecule has 1 fully saturated rings. The molecule has 1 unspecified atom stereocenters. The number of benzene rings is 1. The Morgan fingerprint density at radius 3 is 2.87 bits per heavy atom. The molecule has 0 bridgehead atoms. The Morgan fingerprint density at radius 2 is 2.09 bits per heavy atom. The molecule has 5 heteroatoms. The third-order valence-electron chi connectivity index (χ3n) is 4.45. The predicted molar refractivity (Wildman–Crippen MR) is 88.2 cm³/mol. The normalized spacial score (nSPS) is 18.2. The number of carbonyl (C=O) groups is 2.